The predicted molar refractivity (Wildman–Crippen MR) is 78.0 cm³/mol. The lowest BCUT2D eigenvalue weighted by atomic mass is 10.2. The Morgan fingerprint density at radius 3 is 2.25 bits per heavy atom. The van der Waals surface area contributed by atoms with Crippen LogP contribution in [0.1, 0.15) is 65.7 Å². The number of hydrogen-bond donors (Lipinski definition) is 0. The molecule has 0 aromatic carbocycles. The van der Waals surface area contributed by atoms with Gasteiger partial charge in [-0.1, -0.05) is 26.2 Å². The first-order chi connectivity index (χ1) is 9.63. The first-order valence-electron chi connectivity index (χ1n) is 7.41. The Bertz CT molecular complexity index is 338. The maximum atomic E-state index is 11.5. The van der Waals surface area contributed by atoms with Crippen LogP contribution < -0.4 is 0 Å². The van der Waals surface area contributed by atoms with E-state index in [9.17, 15) is 9.59 Å². The summed E-state index contributed by atoms with van der Waals surface area (Å²) < 4.78 is 10.2. The Morgan fingerprint density at radius 1 is 1.05 bits per heavy atom. The zero-order chi connectivity index (χ0) is 15.2. The van der Waals surface area contributed by atoms with Crippen molar-refractivity contribution >= 4 is 11.9 Å². The van der Waals surface area contributed by atoms with Crippen LogP contribution in [0.2, 0.25) is 0 Å². The molecule has 0 bridgehead atoms. The van der Waals surface area contributed by atoms with Gasteiger partial charge in [0.2, 0.25) is 0 Å². The van der Waals surface area contributed by atoms with Crippen molar-refractivity contribution in [1.82, 2.24) is 0 Å². The first kappa shape index (κ1) is 18.5. The van der Waals surface area contributed by atoms with Crippen LogP contribution in [0.25, 0.3) is 0 Å². The molecule has 0 fully saturated rings. The molecule has 1 unspecified atom stereocenters. The van der Waals surface area contributed by atoms with Crippen LogP contribution in [0, 0.1) is 11.8 Å². The predicted octanol–water partition coefficient (Wildman–Crippen LogP) is 3.24. The Balaban J connectivity index is 3.65. The molecule has 114 valence electrons. The van der Waals surface area contributed by atoms with E-state index in [1.54, 1.807) is 6.92 Å². The lowest BCUT2D eigenvalue weighted by Gasteiger charge is -2.09. The number of esters is 2. The second kappa shape index (κ2) is 12.5. The molecular weight excluding hydrogens is 256 g/mol. The molecule has 0 heterocycles. The summed E-state index contributed by atoms with van der Waals surface area (Å²) in [7, 11) is 0. The summed E-state index contributed by atoms with van der Waals surface area (Å²) in [5.74, 6) is 5.14. The van der Waals surface area contributed by atoms with Crippen molar-refractivity contribution in [3.05, 3.63) is 0 Å². The highest BCUT2D eigenvalue weighted by atomic mass is 16.5. The summed E-state index contributed by atoms with van der Waals surface area (Å²) >= 11 is 0. The van der Waals surface area contributed by atoms with Gasteiger partial charge in [0.25, 0.3) is 0 Å². The van der Waals surface area contributed by atoms with Crippen molar-refractivity contribution in [3.63, 3.8) is 0 Å². The molecule has 0 aromatic rings. The molecular formula is C16H26O4. The van der Waals surface area contributed by atoms with Gasteiger partial charge in [-0.3, -0.25) is 9.59 Å². The smallest absolute Gasteiger partial charge is 0.307 e. The maximum Gasteiger partial charge on any atom is 0.307 e. The molecule has 0 aliphatic rings. The zero-order valence-electron chi connectivity index (χ0n) is 12.9. The largest absolute Gasteiger partial charge is 0.466 e. The van der Waals surface area contributed by atoms with Crippen LogP contribution in [0.3, 0.4) is 0 Å². The van der Waals surface area contributed by atoms with Crippen LogP contribution in [0.15, 0.2) is 0 Å². The fourth-order valence-electron chi connectivity index (χ4n) is 1.53. The van der Waals surface area contributed by atoms with Gasteiger partial charge < -0.3 is 9.47 Å². The van der Waals surface area contributed by atoms with Crippen LogP contribution in [0.5, 0.6) is 0 Å². The van der Waals surface area contributed by atoms with Crippen molar-refractivity contribution in [2.75, 3.05) is 6.61 Å². The second-order valence-electron chi connectivity index (χ2n) is 4.56. The molecule has 4 heteroatoms. The van der Waals surface area contributed by atoms with Crippen LogP contribution in [-0.2, 0) is 19.1 Å². The number of ether oxygens (including phenoxy) is 2. The van der Waals surface area contributed by atoms with Crippen LogP contribution in [0.4, 0.5) is 0 Å². The molecule has 4 nitrogen and oxygen atoms in total. The third kappa shape index (κ3) is 10.4. The molecule has 0 saturated carbocycles. The van der Waals surface area contributed by atoms with E-state index in [0.717, 1.165) is 12.8 Å². The van der Waals surface area contributed by atoms with E-state index in [-0.39, 0.29) is 18.0 Å². The average molecular weight is 282 g/mol. The van der Waals surface area contributed by atoms with Gasteiger partial charge in [0, 0.05) is 12.8 Å². The Morgan fingerprint density at radius 2 is 1.70 bits per heavy atom. The third-order valence-electron chi connectivity index (χ3n) is 2.72. The number of carbonyl (C=O) groups is 2. The third-order valence-corrected chi connectivity index (χ3v) is 2.72. The molecule has 0 saturated heterocycles. The van der Waals surface area contributed by atoms with Gasteiger partial charge in [-0.15, -0.1) is 5.92 Å². The maximum absolute atomic E-state index is 11.5. The monoisotopic (exact) mass is 282 g/mol. The summed E-state index contributed by atoms with van der Waals surface area (Å²) in [6, 6.07) is 0. The molecule has 1 atom stereocenters. The summed E-state index contributed by atoms with van der Waals surface area (Å²) in [4.78, 5) is 22.9. The van der Waals surface area contributed by atoms with Gasteiger partial charge >= 0.3 is 11.9 Å². The van der Waals surface area contributed by atoms with E-state index in [0.29, 0.717) is 38.7 Å². The van der Waals surface area contributed by atoms with Crippen LogP contribution >= 0.6 is 0 Å². The van der Waals surface area contributed by atoms with Crippen molar-refractivity contribution in [2.24, 2.45) is 0 Å². The number of unbranched alkanes of at least 4 members (excludes halogenated alkanes) is 2. The molecule has 0 aliphatic heterocycles. The van der Waals surface area contributed by atoms with E-state index in [4.69, 9.17) is 9.47 Å². The second-order valence-corrected chi connectivity index (χ2v) is 4.56. The van der Waals surface area contributed by atoms with Crippen molar-refractivity contribution in [2.45, 2.75) is 71.8 Å². The SMILES string of the molecule is CC#CC(CC)OC(=O)CCCCC(=O)OCCCC. The van der Waals surface area contributed by atoms with E-state index >= 15 is 0 Å². The highest BCUT2D eigenvalue weighted by Gasteiger charge is 2.10. The van der Waals surface area contributed by atoms with Gasteiger partial charge in [-0.2, -0.15) is 0 Å². The normalized spacial score (nSPS) is 11.2. The molecule has 0 rings (SSSR count). The lowest BCUT2D eigenvalue weighted by molar-refractivity contribution is -0.147. The number of rotatable bonds is 10. The summed E-state index contributed by atoms with van der Waals surface area (Å²) in [5, 5.41) is 0. The molecule has 0 spiro atoms. The van der Waals surface area contributed by atoms with E-state index in [1.165, 1.54) is 0 Å². The summed E-state index contributed by atoms with van der Waals surface area (Å²) in [6.07, 6.45) is 4.26. The van der Waals surface area contributed by atoms with E-state index < -0.39 is 0 Å². The molecule has 0 aliphatic carbocycles. The van der Waals surface area contributed by atoms with Crippen molar-refractivity contribution in [3.8, 4) is 11.8 Å². The first-order valence-corrected chi connectivity index (χ1v) is 7.41. The highest BCUT2D eigenvalue weighted by Crippen LogP contribution is 2.06. The number of carbonyl (C=O) groups excluding carboxylic acids is 2. The van der Waals surface area contributed by atoms with Gasteiger partial charge in [0.05, 0.1) is 6.61 Å². The molecule has 0 radical (unpaired) electrons. The Hall–Kier alpha value is -1.50. The minimum Gasteiger partial charge on any atom is -0.466 e. The topological polar surface area (TPSA) is 52.6 Å². The number of hydrogen-bond acceptors (Lipinski definition) is 4. The molecule has 20 heavy (non-hydrogen) atoms. The molecule has 0 N–H and O–H groups in total. The van der Waals surface area contributed by atoms with Gasteiger partial charge in [-0.05, 0) is 32.6 Å². The van der Waals surface area contributed by atoms with Gasteiger partial charge in [0.15, 0.2) is 6.10 Å². The zero-order valence-corrected chi connectivity index (χ0v) is 12.9. The quantitative estimate of drug-likeness (QED) is 0.351. The minimum atomic E-state index is -0.313. The van der Waals surface area contributed by atoms with E-state index in [1.807, 2.05) is 13.8 Å². The fraction of sp³-hybridized carbons (Fsp3) is 0.750. The highest BCUT2D eigenvalue weighted by molar-refractivity contribution is 5.70. The van der Waals surface area contributed by atoms with Crippen molar-refractivity contribution in [1.29, 1.82) is 0 Å². The summed E-state index contributed by atoms with van der Waals surface area (Å²) in [5.41, 5.74) is 0. The minimum absolute atomic E-state index is 0.185. The Labute approximate surface area is 122 Å². The fourth-order valence-corrected chi connectivity index (χ4v) is 1.53. The van der Waals surface area contributed by atoms with Crippen molar-refractivity contribution < 1.29 is 19.1 Å². The molecule has 0 aromatic heterocycles. The van der Waals surface area contributed by atoms with E-state index in [2.05, 4.69) is 11.8 Å². The standard InChI is InChI=1S/C16H26O4/c1-4-7-13-19-15(17)11-8-9-12-16(18)20-14(6-3)10-5-2/h14H,4,6-9,11-13H2,1-3H3. The molecule has 0 amide bonds. The summed E-state index contributed by atoms with van der Waals surface area (Å²) in [6.45, 7) is 6.19. The van der Waals surface area contributed by atoms with Gasteiger partial charge in [0.1, 0.15) is 0 Å². The van der Waals surface area contributed by atoms with Gasteiger partial charge in [-0.25, -0.2) is 0 Å². The van der Waals surface area contributed by atoms with Crippen LogP contribution in [-0.4, -0.2) is 24.6 Å². The lowest BCUT2D eigenvalue weighted by Crippen LogP contribution is -2.15. The average Bonchev–Trinajstić information content (AvgIpc) is 2.43. The Kier molecular flexibility index (Phi) is 11.6.